The summed E-state index contributed by atoms with van der Waals surface area (Å²) in [4.78, 5) is 11.8. The molecule has 6 heteroatoms. The fraction of sp³-hybridized carbons (Fsp3) is 0.409. The van der Waals surface area contributed by atoms with E-state index in [1.165, 1.54) is 5.56 Å². The molecule has 0 atom stereocenters. The van der Waals surface area contributed by atoms with Gasteiger partial charge in [-0.1, -0.05) is 50.6 Å². The topological polar surface area (TPSA) is 50.4 Å². The molecule has 0 aliphatic rings. The van der Waals surface area contributed by atoms with Crippen LogP contribution in [-0.2, 0) is 11.8 Å². The third-order valence-electron chi connectivity index (χ3n) is 4.25. The van der Waals surface area contributed by atoms with Crippen LogP contribution in [0.4, 0.5) is 4.79 Å². The molecular formula is C22H28BrClN2O2. The zero-order valence-corrected chi connectivity index (χ0v) is 19.0. The zero-order chi connectivity index (χ0) is 20.6. The van der Waals surface area contributed by atoms with Gasteiger partial charge < -0.3 is 15.4 Å². The van der Waals surface area contributed by atoms with Crippen LogP contribution in [0.3, 0.4) is 0 Å². The van der Waals surface area contributed by atoms with E-state index < -0.39 is 0 Å². The average molecular weight is 468 g/mol. The number of hydrogen-bond acceptors (Lipinski definition) is 2. The van der Waals surface area contributed by atoms with Gasteiger partial charge >= 0.3 is 6.03 Å². The molecular weight excluding hydrogens is 440 g/mol. The third kappa shape index (κ3) is 7.72. The Morgan fingerprint density at radius 2 is 1.86 bits per heavy atom. The molecule has 0 bridgehead atoms. The van der Waals surface area contributed by atoms with Crippen molar-refractivity contribution in [1.29, 1.82) is 0 Å². The number of urea groups is 1. The van der Waals surface area contributed by atoms with Crippen molar-refractivity contribution in [2.75, 3.05) is 19.7 Å². The van der Waals surface area contributed by atoms with E-state index >= 15 is 0 Å². The third-order valence-corrected chi connectivity index (χ3v) is 5.11. The first kappa shape index (κ1) is 22.6. The molecule has 4 nitrogen and oxygen atoms in total. The summed E-state index contributed by atoms with van der Waals surface area (Å²) >= 11 is 9.52. The molecule has 0 unspecified atom stereocenters. The summed E-state index contributed by atoms with van der Waals surface area (Å²) in [5.74, 6) is 0.818. The zero-order valence-electron chi connectivity index (χ0n) is 16.6. The number of carbonyl (C=O) groups excluding carboxylic acids is 1. The highest BCUT2D eigenvalue weighted by atomic mass is 79.9. The molecule has 2 amide bonds. The predicted molar refractivity (Wildman–Crippen MR) is 120 cm³/mol. The van der Waals surface area contributed by atoms with Gasteiger partial charge in [-0.15, -0.1) is 0 Å². The Balaban J connectivity index is 1.61. The smallest absolute Gasteiger partial charge is 0.314 e. The van der Waals surface area contributed by atoms with Crippen molar-refractivity contribution in [2.24, 2.45) is 0 Å². The minimum absolute atomic E-state index is 0.102. The highest BCUT2D eigenvalue weighted by Crippen LogP contribution is 2.31. The lowest BCUT2D eigenvalue weighted by molar-refractivity contribution is 0.239. The van der Waals surface area contributed by atoms with E-state index in [-0.39, 0.29) is 11.4 Å². The first-order chi connectivity index (χ1) is 13.3. The summed E-state index contributed by atoms with van der Waals surface area (Å²) in [6.07, 6.45) is 1.48. The average Bonchev–Trinajstić information content (AvgIpc) is 2.62. The molecule has 0 aromatic heterocycles. The minimum Gasteiger partial charge on any atom is -0.492 e. The van der Waals surface area contributed by atoms with Crippen molar-refractivity contribution in [3.63, 3.8) is 0 Å². The van der Waals surface area contributed by atoms with Crippen molar-refractivity contribution in [3.8, 4) is 5.75 Å². The number of carbonyl (C=O) groups is 1. The van der Waals surface area contributed by atoms with Crippen molar-refractivity contribution >= 4 is 33.6 Å². The summed E-state index contributed by atoms with van der Waals surface area (Å²) in [5, 5.41) is 6.40. The second kappa shape index (κ2) is 10.7. The largest absolute Gasteiger partial charge is 0.492 e. The number of amides is 2. The number of ether oxygens (including phenoxy) is 1. The van der Waals surface area contributed by atoms with E-state index in [1.807, 2.05) is 30.3 Å². The fourth-order valence-electron chi connectivity index (χ4n) is 2.62. The molecule has 2 aromatic carbocycles. The van der Waals surface area contributed by atoms with Gasteiger partial charge in [-0.05, 0) is 69.6 Å². The molecule has 0 spiro atoms. The van der Waals surface area contributed by atoms with Gasteiger partial charge in [0.25, 0.3) is 0 Å². The Morgan fingerprint density at radius 1 is 1.11 bits per heavy atom. The van der Waals surface area contributed by atoms with Crippen LogP contribution in [0.25, 0.3) is 0 Å². The summed E-state index contributed by atoms with van der Waals surface area (Å²) in [6, 6.07) is 13.7. The molecule has 0 fully saturated rings. The molecule has 2 N–H and O–H groups in total. The second-order valence-electron chi connectivity index (χ2n) is 7.66. The Kier molecular flexibility index (Phi) is 8.64. The highest BCUT2D eigenvalue weighted by molar-refractivity contribution is 9.10. The Labute approximate surface area is 181 Å². The first-order valence-corrected chi connectivity index (χ1v) is 10.6. The SMILES string of the molecule is CC(C)(C)c1ccc(OCCCNC(=O)NCCc2cccc(Cl)c2)c(Br)c1. The van der Waals surface area contributed by atoms with E-state index in [0.717, 1.165) is 28.6 Å². The van der Waals surface area contributed by atoms with Gasteiger partial charge in [0.2, 0.25) is 0 Å². The van der Waals surface area contributed by atoms with E-state index in [0.29, 0.717) is 24.7 Å². The molecule has 2 aromatic rings. The van der Waals surface area contributed by atoms with Gasteiger partial charge in [0.15, 0.2) is 0 Å². The lowest BCUT2D eigenvalue weighted by Gasteiger charge is -2.20. The molecule has 2 rings (SSSR count). The maximum Gasteiger partial charge on any atom is 0.314 e. The molecule has 0 aliphatic carbocycles. The summed E-state index contributed by atoms with van der Waals surface area (Å²) in [6.45, 7) is 8.20. The molecule has 28 heavy (non-hydrogen) atoms. The first-order valence-electron chi connectivity index (χ1n) is 9.44. The molecule has 0 heterocycles. The van der Waals surface area contributed by atoms with Crippen LogP contribution in [0.2, 0.25) is 5.02 Å². The lowest BCUT2D eigenvalue weighted by atomic mass is 9.87. The molecule has 0 aliphatic heterocycles. The van der Waals surface area contributed by atoms with Crippen molar-refractivity contribution in [1.82, 2.24) is 10.6 Å². The molecule has 0 saturated heterocycles. The van der Waals surface area contributed by atoms with E-state index in [2.05, 4.69) is 59.5 Å². The van der Waals surface area contributed by atoms with E-state index in [4.69, 9.17) is 16.3 Å². The quantitative estimate of drug-likeness (QED) is 0.488. The Bertz CT molecular complexity index is 790. The van der Waals surface area contributed by atoms with Gasteiger partial charge in [-0.25, -0.2) is 4.79 Å². The molecule has 152 valence electrons. The molecule has 0 saturated carbocycles. The maximum absolute atomic E-state index is 11.8. The van der Waals surface area contributed by atoms with Gasteiger partial charge in [-0.3, -0.25) is 0 Å². The number of rotatable bonds is 8. The van der Waals surface area contributed by atoms with Crippen LogP contribution in [0.1, 0.15) is 38.3 Å². The van der Waals surface area contributed by atoms with Gasteiger partial charge in [0, 0.05) is 18.1 Å². The Hall–Kier alpha value is -1.72. The van der Waals surface area contributed by atoms with E-state index in [1.54, 1.807) is 0 Å². The standard InChI is InChI=1S/C22H28BrClN2O2/c1-22(2,3)17-8-9-20(19(23)15-17)28-13-5-11-25-21(27)26-12-10-16-6-4-7-18(24)14-16/h4,6-9,14-15H,5,10-13H2,1-3H3,(H2,25,26,27). The highest BCUT2D eigenvalue weighted by Gasteiger charge is 2.15. The monoisotopic (exact) mass is 466 g/mol. The summed E-state index contributed by atoms with van der Waals surface area (Å²) in [7, 11) is 0. The minimum atomic E-state index is -0.169. The van der Waals surface area contributed by atoms with Gasteiger partial charge in [0.1, 0.15) is 5.75 Å². The van der Waals surface area contributed by atoms with Crippen LogP contribution < -0.4 is 15.4 Å². The van der Waals surface area contributed by atoms with Gasteiger partial charge in [0.05, 0.1) is 11.1 Å². The van der Waals surface area contributed by atoms with E-state index in [9.17, 15) is 4.79 Å². The number of hydrogen-bond donors (Lipinski definition) is 2. The maximum atomic E-state index is 11.8. The van der Waals surface area contributed by atoms with Crippen LogP contribution >= 0.6 is 27.5 Å². The number of halogens is 2. The van der Waals surface area contributed by atoms with Crippen LogP contribution in [0, 0.1) is 0 Å². The number of benzene rings is 2. The predicted octanol–water partition coefficient (Wildman–Crippen LogP) is 5.71. The van der Waals surface area contributed by atoms with Crippen LogP contribution in [-0.4, -0.2) is 25.7 Å². The fourth-order valence-corrected chi connectivity index (χ4v) is 3.32. The molecule has 0 radical (unpaired) electrons. The summed E-state index contributed by atoms with van der Waals surface area (Å²) in [5.41, 5.74) is 2.46. The number of nitrogens with one attached hydrogen (secondary N) is 2. The lowest BCUT2D eigenvalue weighted by Crippen LogP contribution is -2.37. The normalized spacial score (nSPS) is 11.2. The van der Waals surface area contributed by atoms with Crippen molar-refractivity contribution in [3.05, 3.63) is 63.1 Å². The van der Waals surface area contributed by atoms with Crippen LogP contribution in [0.5, 0.6) is 5.75 Å². The Morgan fingerprint density at radius 3 is 2.54 bits per heavy atom. The van der Waals surface area contributed by atoms with Gasteiger partial charge in [-0.2, -0.15) is 0 Å². The summed E-state index contributed by atoms with van der Waals surface area (Å²) < 4.78 is 6.76. The second-order valence-corrected chi connectivity index (χ2v) is 8.95. The van der Waals surface area contributed by atoms with Crippen LogP contribution in [0.15, 0.2) is 46.9 Å². The van der Waals surface area contributed by atoms with Crippen molar-refractivity contribution in [2.45, 2.75) is 39.0 Å². The van der Waals surface area contributed by atoms with Crippen molar-refractivity contribution < 1.29 is 9.53 Å².